The van der Waals surface area contributed by atoms with Crippen molar-refractivity contribution in [3.8, 4) is 0 Å². The molecule has 0 saturated carbocycles. The summed E-state index contributed by atoms with van der Waals surface area (Å²) < 4.78 is 25.7. The van der Waals surface area contributed by atoms with Crippen LogP contribution in [0.4, 0.5) is 0 Å². The van der Waals surface area contributed by atoms with E-state index in [-0.39, 0.29) is 11.5 Å². The molecule has 0 aliphatic heterocycles. The normalized spacial score (nSPS) is 12.1. The Morgan fingerprint density at radius 1 is 1.29 bits per heavy atom. The number of hydrogen-bond acceptors (Lipinski definition) is 3. The van der Waals surface area contributed by atoms with Crippen LogP contribution < -0.4 is 5.73 Å². The molecular weight excluding hydrogens is 308 g/mol. The molecule has 0 radical (unpaired) electrons. The van der Waals surface area contributed by atoms with E-state index in [4.69, 9.17) is 17.3 Å². The van der Waals surface area contributed by atoms with Gasteiger partial charge in [-0.3, -0.25) is 0 Å². The largest absolute Gasteiger partial charge is 0.346 e. The molecule has 0 bridgehead atoms. The zero-order valence-corrected chi connectivity index (χ0v) is 13.8. The predicted molar refractivity (Wildman–Crippen MR) is 88.7 cm³/mol. The van der Waals surface area contributed by atoms with Crippen LogP contribution in [-0.4, -0.2) is 31.0 Å². The number of nitrogens with two attached hydrogens (primary N) is 1. The fourth-order valence-electron chi connectivity index (χ4n) is 2.53. The monoisotopic (exact) mass is 328 g/mol. The second-order valence-corrected chi connectivity index (χ2v) is 7.94. The quantitative estimate of drug-likeness (QED) is 0.849. The average Bonchev–Trinajstić information content (AvgIpc) is 2.75. The van der Waals surface area contributed by atoms with Gasteiger partial charge < -0.3 is 10.3 Å². The summed E-state index contributed by atoms with van der Waals surface area (Å²) in [7, 11) is -2.99. The molecule has 0 fully saturated rings. The first kappa shape index (κ1) is 16.3. The highest BCUT2D eigenvalue weighted by Gasteiger charge is 2.13. The number of nitrogens with zero attached hydrogens (tertiary/aromatic N) is 1. The van der Waals surface area contributed by atoms with Crippen LogP contribution in [0.5, 0.6) is 0 Å². The van der Waals surface area contributed by atoms with Gasteiger partial charge in [0, 0.05) is 34.4 Å². The molecule has 0 unspecified atom stereocenters. The maximum Gasteiger partial charge on any atom is 0.152 e. The Kier molecular flexibility index (Phi) is 5.30. The third kappa shape index (κ3) is 3.99. The summed E-state index contributed by atoms with van der Waals surface area (Å²) in [6, 6.07) is 5.70. The number of halogens is 1. The zero-order valence-electron chi connectivity index (χ0n) is 12.2. The van der Waals surface area contributed by atoms with Gasteiger partial charge in [0.15, 0.2) is 9.84 Å². The van der Waals surface area contributed by atoms with Crippen molar-refractivity contribution in [2.45, 2.75) is 26.3 Å². The second kappa shape index (κ2) is 6.81. The van der Waals surface area contributed by atoms with Gasteiger partial charge in [-0.2, -0.15) is 0 Å². The van der Waals surface area contributed by atoms with Crippen LogP contribution in [-0.2, 0) is 22.8 Å². The molecule has 2 N–H and O–H groups in total. The second-order valence-electron chi connectivity index (χ2n) is 5.20. The van der Waals surface area contributed by atoms with Crippen LogP contribution in [0.1, 0.15) is 18.9 Å². The van der Waals surface area contributed by atoms with Crippen molar-refractivity contribution in [2.24, 2.45) is 5.73 Å². The van der Waals surface area contributed by atoms with E-state index in [0.29, 0.717) is 24.5 Å². The fraction of sp³-hybridized carbons (Fsp3) is 0.467. The van der Waals surface area contributed by atoms with E-state index in [2.05, 4.69) is 0 Å². The molecule has 1 aromatic heterocycles. The number of aryl methyl sites for hydroxylation is 1. The summed E-state index contributed by atoms with van der Waals surface area (Å²) in [5.74, 6) is 0.391. The summed E-state index contributed by atoms with van der Waals surface area (Å²) in [6.45, 7) is 2.89. The summed E-state index contributed by atoms with van der Waals surface area (Å²) in [5.41, 5.74) is 7.75. The van der Waals surface area contributed by atoms with Crippen molar-refractivity contribution in [3.05, 3.63) is 35.0 Å². The molecule has 21 heavy (non-hydrogen) atoms. The number of hydrogen-bond donors (Lipinski definition) is 1. The smallest absolute Gasteiger partial charge is 0.152 e. The number of aromatic nitrogens is 1. The van der Waals surface area contributed by atoms with Crippen LogP contribution in [0.2, 0.25) is 5.02 Å². The van der Waals surface area contributed by atoms with Crippen molar-refractivity contribution in [1.29, 1.82) is 0 Å². The molecule has 116 valence electrons. The zero-order chi connectivity index (χ0) is 15.5. The molecule has 4 nitrogen and oxygen atoms in total. The molecule has 6 heteroatoms. The molecule has 0 aliphatic rings. The van der Waals surface area contributed by atoms with E-state index >= 15 is 0 Å². The van der Waals surface area contributed by atoms with E-state index in [0.717, 1.165) is 22.9 Å². The molecular formula is C15H21ClN2O2S. The number of sulfone groups is 1. The van der Waals surface area contributed by atoms with E-state index in [1.807, 2.05) is 35.9 Å². The van der Waals surface area contributed by atoms with Crippen molar-refractivity contribution >= 4 is 32.3 Å². The summed E-state index contributed by atoms with van der Waals surface area (Å²) in [6.07, 6.45) is 3.42. The Morgan fingerprint density at radius 2 is 2.05 bits per heavy atom. The topological polar surface area (TPSA) is 65.1 Å². The molecule has 2 rings (SSSR count). The Balaban J connectivity index is 2.32. The summed E-state index contributed by atoms with van der Waals surface area (Å²) in [5, 5.41) is 1.75. The molecule has 2 aromatic rings. The molecule has 1 heterocycles. The third-order valence-electron chi connectivity index (χ3n) is 3.50. The van der Waals surface area contributed by atoms with Crippen molar-refractivity contribution in [2.75, 3.05) is 18.1 Å². The minimum atomic E-state index is -2.99. The Hall–Kier alpha value is -1.04. The maximum absolute atomic E-state index is 11.9. The molecule has 0 spiro atoms. The van der Waals surface area contributed by atoms with Crippen LogP contribution in [0, 0.1) is 0 Å². The van der Waals surface area contributed by atoms with Crippen LogP contribution in [0.15, 0.2) is 24.4 Å². The van der Waals surface area contributed by atoms with Gasteiger partial charge >= 0.3 is 0 Å². The first-order valence-electron chi connectivity index (χ1n) is 7.14. The lowest BCUT2D eigenvalue weighted by molar-refractivity contribution is 0.588. The lowest BCUT2D eigenvalue weighted by Gasteiger charge is -2.06. The van der Waals surface area contributed by atoms with Gasteiger partial charge in [-0.05, 0) is 37.1 Å². The van der Waals surface area contributed by atoms with Gasteiger partial charge in [0.1, 0.15) is 0 Å². The van der Waals surface area contributed by atoms with Crippen LogP contribution in [0.25, 0.3) is 10.9 Å². The molecule has 0 aliphatic carbocycles. The Labute approximate surface area is 130 Å². The maximum atomic E-state index is 11.9. The van der Waals surface area contributed by atoms with Gasteiger partial charge in [0.05, 0.1) is 5.75 Å². The summed E-state index contributed by atoms with van der Waals surface area (Å²) >= 11 is 6.06. The van der Waals surface area contributed by atoms with Crippen molar-refractivity contribution < 1.29 is 8.42 Å². The number of fused-ring (bicyclic) bond motifs is 1. The molecule has 1 aromatic carbocycles. The van der Waals surface area contributed by atoms with Crippen LogP contribution >= 0.6 is 11.6 Å². The van der Waals surface area contributed by atoms with Gasteiger partial charge in [0.2, 0.25) is 0 Å². The molecule has 0 saturated heterocycles. The predicted octanol–water partition coefficient (Wildman–Crippen LogP) is 2.62. The summed E-state index contributed by atoms with van der Waals surface area (Å²) in [4.78, 5) is 0. The van der Waals surface area contributed by atoms with E-state index in [9.17, 15) is 8.42 Å². The molecule has 0 atom stereocenters. The lowest BCUT2D eigenvalue weighted by atomic mass is 10.1. The molecule has 0 amide bonds. The van der Waals surface area contributed by atoms with E-state index in [1.165, 1.54) is 0 Å². The van der Waals surface area contributed by atoms with Crippen molar-refractivity contribution in [1.82, 2.24) is 4.57 Å². The standard InChI is InChI=1S/C15H21ClN2O2S/c1-2-8-21(19,20)9-7-18-11-12(5-6-17)14-4-3-13(16)10-15(14)18/h3-4,10-11H,2,5-9,17H2,1H3. The van der Waals surface area contributed by atoms with Crippen molar-refractivity contribution in [3.63, 3.8) is 0 Å². The third-order valence-corrected chi connectivity index (χ3v) is 5.57. The van der Waals surface area contributed by atoms with E-state index in [1.54, 1.807) is 0 Å². The minimum Gasteiger partial charge on any atom is -0.346 e. The highest BCUT2D eigenvalue weighted by molar-refractivity contribution is 7.91. The van der Waals surface area contributed by atoms with Gasteiger partial charge in [0.25, 0.3) is 0 Å². The van der Waals surface area contributed by atoms with Gasteiger partial charge in [-0.1, -0.05) is 24.6 Å². The minimum absolute atomic E-state index is 0.152. The first-order valence-corrected chi connectivity index (χ1v) is 9.34. The number of benzene rings is 1. The average molecular weight is 329 g/mol. The Morgan fingerprint density at radius 3 is 2.71 bits per heavy atom. The highest BCUT2D eigenvalue weighted by atomic mass is 35.5. The highest BCUT2D eigenvalue weighted by Crippen LogP contribution is 2.25. The van der Waals surface area contributed by atoms with Gasteiger partial charge in [-0.15, -0.1) is 0 Å². The first-order chi connectivity index (χ1) is 9.96. The fourth-order valence-corrected chi connectivity index (χ4v) is 4.00. The van der Waals surface area contributed by atoms with Crippen LogP contribution in [0.3, 0.4) is 0 Å². The SMILES string of the molecule is CCCS(=O)(=O)CCn1cc(CCN)c2ccc(Cl)cc21. The van der Waals surface area contributed by atoms with Gasteiger partial charge in [-0.25, -0.2) is 8.42 Å². The lowest BCUT2D eigenvalue weighted by Crippen LogP contribution is -2.15. The van der Waals surface area contributed by atoms with E-state index < -0.39 is 9.84 Å². The Bertz CT molecular complexity index is 723. The number of rotatable bonds is 7.